The maximum atomic E-state index is 14.2. The third-order valence-electron chi connectivity index (χ3n) is 7.69. The first-order chi connectivity index (χ1) is 18.2. The number of carbonyl (C=O) groups excluding carboxylic acids is 1. The molecule has 5 rings (SSSR count). The standard InChI is InChI=1S/C30H31Cl2NO5/c1-29(37,18-35)23-8-13-27-26(14-23)28(36)33(15-19-2-9-24(31)10-3-19)30(27,22-6-11-25(32)12-7-22)38-17-21(16-34)20-4-5-20/h2-3,6-14,20-21,34-35,37H,4-5,15-18H2,1H3/t21?,29?,30-/m1/s1. The number of hydrogen-bond donors (Lipinski definition) is 3. The Hall–Kier alpha value is -2.45. The van der Waals surface area contributed by atoms with Gasteiger partial charge in [-0.15, -0.1) is 0 Å². The normalized spacial score (nSPS) is 21.3. The Kier molecular flexibility index (Phi) is 7.57. The molecular formula is C30H31Cl2NO5. The molecule has 2 aliphatic rings. The maximum absolute atomic E-state index is 14.2. The minimum absolute atomic E-state index is 0.00232. The number of benzene rings is 3. The Morgan fingerprint density at radius 2 is 1.66 bits per heavy atom. The molecule has 38 heavy (non-hydrogen) atoms. The number of ether oxygens (including phenoxy) is 1. The summed E-state index contributed by atoms with van der Waals surface area (Å²) in [5, 5.41) is 31.7. The lowest BCUT2D eigenvalue weighted by Crippen LogP contribution is -2.47. The highest BCUT2D eigenvalue weighted by molar-refractivity contribution is 6.30. The molecule has 0 saturated heterocycles. The van der Waals surface area contributed by atoms with Crippen molar-refractivity contribution in [1.29, 1.82) is 0 Å². The van der Waals surface area contributed by atoms with Gasteiger partial charge in [0.05, 0.1) is 13.2 Å². The fraction of sp³-hybridized carbons (Fsp3) is 0.367. The van der Waals surface area contributed by atoms with E-state index >= 15 is 0 Å². The van der Waals surface area contributed by atoms with Crippen LogP contribution >= 0.6 is 23.2 Å². The Labute approximate surface area is 232 Å². The summed E-state index contributed by atoms with van der Waals surface area (Å²) in [5.74, 6) is 0.0724. The summed E-state index contributed by atoms with van der Waals surface area (Å²) in [6, 6.07) is 19.7. The molecule has 8 heteroatoms. The lowest BCUT2D eigenvalue weighted by Gasteiger charge is -2.40. The molecule has 6 nitrogen and oxygen atoms in total. The molecule has 1 amide bonds. The summed E-state index contributed by atoms with van der Waals surface area (Å²) in [6.07, 6.45) is 2.10. The van der Waals surface area contributed by atoms with E-state index < -0.39 is 17.9 Å². The zero-order valence-corrected chi connectivity index (χ0v) is 22.6. The van der Waals surface area contributed by atoms with Crippen LogP contribution in [0.4, 0.5) is 0 Å². The van der Waals surface area contributed by atoms with Gasteiger partial charge in [0, 0.05) is 45.8 Å². The lowest BCUT2D eigenvalue weighted by molar-refractivity contribution is -0.127. The van der Waals surface area contributed by atoms with Crippen molar-refractivity contribution < 1.29 is 24.9 Å². The number of aliphatic hydroxyl groups is 3. The molecule has 3 N–H and O–H groups in total. The second kappa shape index (κ2) is 10.6. The Morgan fingerprint density at radius 3 is 2.24 bits per heavy atom. The molecule has 0 bridgehead atoms. The van der Waals surface area contributed by atoms with E-state index in [0.717, 1.165) is 24.0 Å². The van der Waals surface area contributed by atoms with E-state index in [1.807, 2.05) is 24.3 Å². The van der Waals surface area contributed by atoms with Crippen molar-refractivity contribution in [3.63, 3.8) is 0 Å². The third-order valence-corrected chi connectivity index (χ3v) is 8.19. The fourth-order valence-corrected chi connectivity index (χ4v) is 5.44. The highest BCUT2D eigenvalue weighted by atomic mass is 35.5. The SMILES string of the molecule is CC(O)(CO)c1ccc2c(c1)C(=O)N(Cc1ccc(Cl)cc1)[C@@]2(OCC(CO)C1CC1)c1ccc(Cl)cc1. The van der Waals surface area contributed by atoms with E-state index in [-0.39, 0.29) is 31.6 Å². The van der Waals surface area contributed by atoms with Crippen molar-refractivity contribution in [1.82, 2.24) is 4.90 Å². The first-order valence-corrected chi connectivity index (χ1v) is 13.5. The molecule has 1 fully saturated rings. The van der Waals surface area contributed by atoms with Gasteiger partial charge in [0.15, 0.2) is 5.72 Å². The van der Waals surface area contributed by atoms with Gasteiger partial charge in [0.2, 0.25) is 0 Å². The van der Waals surface area contributed by atoms with Crippen LogP contribution in [0.3, 0.4) is 0 Å². The predicted octanol–water partition coefficient (Wildman–Crippen LogP) is 5.09. The van der Waals surface area contributed by atoms with Gasteiger partial charge in [0.1, 0.15) is 5.60 Å². The average Bonchev–Trinajstić information content (AvgIpc) is 3.73. The topological polar surface area (TPSA) is 90.2 Å². The quantitative estimate of drug-likeness (QED) is 0.324. The van der Waals surface area contributed by atoms with Gasteiger partial charge in [-0.1, -0.05) is 59.6 Å². The van der Waals surface area contributed by atoms with Crippen LogP contribution in [0.1, 0.15) is 52.4 Å². The highest BCUT2D eigenvalue weighted by Crippen LogP contribution is 2.48. The number of amides is 1. The summed E-state index contributed by atoms with van der Waals surface area (Å²) in [7, 11) is 0. The molecule has 1 aliphatic carbocycles. The average molecular weight is 556 g/mol. The van der Waals surface area contributed by atoms with E-state index in [9.17, 15) is 20.1 Å². The van der Waals surface area contributed by atoms with E-state index in [4.69, 9.17) is 27.9 Å². The van der Waals surface area contributed by atoms with Gasteiger partial charge in [-0.3, -0.25) is 9.69 Å². The Morgan fingerprint density at radius 1 is 1.03 bits per heavy atom. The van der Waals surface area contributed by atoms with Crippen LogP contribution in [-0.4, -0.2) is 45.9 Å². The molecule has 1 aliphatic heterocycles. The molecule has 0 aromatic heterocycles. The number of fused-ring (bicyclic) bond motifs is 1. The number of carbonyl (C=O) groups is 1. The van der Waals surface area contributed by atoms with Crippen LogP contribution in [0.15, 0.2) is 66.7 Å². The second-order valence-electron chi connectivity index (χ2n) is 10.5. The molecule has 1 saturated carbocycles. The van der Waals surface area contributed by atoms with Crippen LogP contribution in [0.2, 0.25) is 10.0 Å². The zero-order chi connectivity index (χ0) is 27.1. The van der Waals surface area contributed by atoms with Gasteiger partial charge >= 0.3 is 0 Å². The third kappa shape index (κ3) is 4.97. The number of rotatable bonds is 10. The maximum Gasteiger partial charge on any atom is 0.257 e. The Balaban J connectivity index is 1.68. The molecule has 0 radical (unpaired) electrons. The van der Waals surface area contributed by atoms with Crippen molar-refractivity contribution in [2.45, 2.75) is 37.6 Å². The van der Waals surface area contributed by atoms with Gasteiger partial charge in [0.25, 0.3) is 5.91 Å². The number of halogens is 2. The molecule has 3 atom stereocenters. The number of aliphatic hydroxyl groups excluding tert-OH is 2. The first kappa shape index (κ1) is 27.1. The summed E-state index contributed by atoms with van der Waals surface area (Å²) in [4.78, 5) is 15.8. The van der Waals surface area contributed by atoms with Crippen LogP contribution in [-0.2, 0) is 22.6 Å². The second-order valence-corrected chi connectivity index (χ2v) is 11.3. The predicted molar refractivity (Wildman–Crippen MR) is 146 cm³/mol. The van der Waals surface area contributed by atoms with Crippen LogP contribution in [0.5, 0.6) is 0 Å². The van der Waals surface area contributed by atoms with Crippen molar-refractivity contribution >= 4 is 29.1 Å². The molecule has 2 unspecified atom stereocenters. The van der Waals surface area contributed by atoms with Crippen LogP contribution in [0.25, 0.3) is 0 Å². The van der Waals surface area contributed by atoms with Crippen molar-refractivity contribution in [3.05, 3.63) is 105 Å². The monoisotopic (exact) mass is 555 g/mol. The zero-order valence-electron chi connectivity index (χ0n) is 21.1. The smallest absolute Gasteiger partial charge is 0.257 e. The van der Waals surface area contributed by atoms with E-state index in [1.165, 1.54) is 6.92 Å². The summed E-state index contributed by atoms with van der Waals surface area (Å²) in [5.41, 5.74) is 0.199. The summed E-state index contributed by atoms with van der Waals surface area (Å²) < 4.78 is 6.79. The summed E-state index contributed by atoms with van der Waals surface area (Å²) >= 11 is 12.4. The lowest BCUT2D eigenvalue weighted by atomic mass is 9.88. The molecule has 200 valence electrons. The van der Waals surface area contributed by atoms with Gasteiger partial charge < -0.3 is 20.1 Å². The first-order valence-electron chi connectivity index (χ1n) is 12.7. The van der Waals surface area contributed by atoms with Crippen molar-refractivity contribution in [2.75, 3.05) is 19.8 Å². The number of nitrogens with zero attached hydrogens (tertiary/aromatic N) is 1. The van der Waals surface area contributed by atoms with Crippen molar-refractivity contribution in [2.24, 2.45) is 11.8 Å². The minimum atomic E-state index is -1.52. The van der Waals surface area contributed by atoms with Crippen LogP contribution in [0, 0.1) is 11.8 Å². The molecule has 3 aromatic carbocycles. The number of hydrogen-bond acceptors (Lipinski definition) is 5. The largest absolute Gasteiger partial charge is 0.396 e. The Bertz CT molecular complexity index is 1310. The molecule has 1 heterocycles. The van der Waals surface area contributed by atoms with Gasteiger partial charge in [-0.2, -0.15) is 0 Å². The van der Waals surface area contributed by atoms with Gasteiger partial charge in [-0.25, -0.2) is 0 Å². The minimum Gasteiger partial charge on any atom is -0.396 e. The van der Waals surface area contributed by atoms with E-state index in [0.29, 0.717) is 32.7 Å². The van der Waals surface area contributed by atoms with Gasteiger partial charge in [-0.05, 0) is 67.1 Å². The highest BCUT2D eigenvalue weighted by Gasteiger charge is 2.53. The molecular weight excluding hydrogens is 525 g/mol. The molecule has 3 aromatic rings. The van der Waals surface area contributed by atoms with Crippen LogP contribution < -0.4 is 0 Å². The summed E-state index contributed by atoms with van der Waals surface area (Å²) in [6.45, 7) is 1.49. The fourth-order valence-electron chi connectivity index (χ4n) is 5.19. The molecule has 0 spiro atoms. The van der Waals surface area contributed by atoms with E-state index in [2.05, 4.69) is 0 Å². The van der Waals surface area contributed by atoms with E-state index in [1.54, 1.807) is 47.4 Å². The van der Waals surface area contributed by atoms with Crippen molar-refractivity contribution in [3.8, 4) is 0 Å².